The Morgan fingerprint density at radius 2 is 2.00 bits per heavy atom. The Bertz CT molecular complexity index is 166. The summed E-state index contributed by atoms with van der Waals surface area (Å²) in [6.07, 6.45) is 2.31. The first-order valence-electron chi connectivity index (χ1n) is 4.50. The largest absolute Gasteiger partial charge is 0.299 e. The van der Waals surface area contributed by atoms with E-state index in [0.717, 1.165) is 12.8 Å². The van der Waals surface area contributed by atoms with Crippen molar-refractivity contribution in [2.45, 2.75) is 45.3 Å². The SMILES string of the molecule is CCCC(=O)CS(=O)C(C)CC. The second kappa shape index (κ2) is 6.35. The van der Waals surface area contributed by atoms with Crippen molar-refractivity contribution in [1.29, 1.82) is 0 Å². The molecule has 0 radical (unpaired) electrons. The highest BCUT2D eigenvalue weighted by Gasteiger charge is 2.12. The Morgan fingerprint density at radius 3 is 2.42 bits per heavy atom. The van der Waals surface area contributed by atoms with Crippen LogP contribution in [0.3, 0.4) is 0 Å². The Kier molecular flexibility index (Phi) is 6.25. The van der Waals surface area contributed by atoms with Crippen LogP contribution < -0.4 is 0 Å². The molecule has 0 aromatic carbocycles. The lowest BCUT2D eigenvalue weighted by atomic mass is 10.3. The van der Waals surface area contributed by atoms with Gasteiger partial charge >= 0.3 is 0 Å². The van der Waals surface area contributed by atoms with Crippen LogP contribution in [0.4, 0.5) is 0 Å². The van der Waals surface area contributed by atoms with E-state index in [2.05, 4.69) is 0 Å². The summed E-state index contributed by atoms with van der Waals surface area (Å²) in [7, 11) is -0.946. The van der Waals surface area contributed by atoms with Crippen molar-refractivity contribution in [1.82, 2.24) is 0 Å². The van der Waals surface area contributed by atoms with E-state index in [1.165, 1.54) is 0 Å². The lowest BCUT2D eigenvalue weighted by Gasteiger charge is -2.06. The van der Waals surface area contributed by atoms with Crippen LogP contribution in [0.15, 0.2) is 0 Å². The molecule has 12 heavy (non-hydrogen) atoms. The summed E-state index contributed by atoms with van der Waals surface area (Å²) in [4.78, 5) is 11.1. The third-order valence-corrected chi connectivity index (χ3v) is 3.69. The molecule has 72 valence electrons. The predicted octanol–water partition coefficient (Wildman–Crippen LogP) is 1.90. The summed E-state index contributed by atoms with van der Waals surface area (Å²) < 4.78 is 11.3. The molecule has 0 rings (SSSR count). The van der Waals surface area contributed by atoms with Gasteiger partial charge in [-0.05, 0) is 12.8 Å². The summed E-state index contributed by atoms with van der Waals surface area (Å²) in [5.41, 5.74) is 0. The Labute approximate surface area is 77.2 Å². The van der Waals surface area contributed by atoms with E-state index in [-0.39, 0.29) is 16.8 Å². The molecule has 0 N–H and O–H groups in total. The van der Waals surface area contributed by atoms with Crippen LogP contribution in [0.2, 0.25) is 0 Å². The van der Waals surface area contributed by atoms with E-state index in [4.69, 9.17) is 0 Å². The minimum Gasteiger partial charge on any atom is -0.299 e. The highest BCUT2D eigenvalue weighted by Crippen LogP contribution is 2.02. The summed E-state index contributed by atoms with van der Waals surface area (Å²) in [5.74, 6) is 0.388. The molecule has 0 saturated carbocycles. The normalized spacial score (nSPS) is 15.6. The predicted molar refractivity (Wildman–Crippen MR) is 52.7 cm³/mol. The quantitative estimate of drug-likeness (QED) is 0.641. The molecule has 2 unspecified atom stereocenters. The van der Waals surface area contributed by atoms with Crippen molar-refractivity contribution in [3.8, 4) is 0 Å². The van der Waals surface area contributed by atoms with Crippen LogP contribution in [0.1, 0.15) is 40.0 Å². The molecule has 0 fully saturated rings. The zero-order valence-corrected chi connectivity index (χ0v) is 8.95. The number of ketones is 1. The monoisotopic (exact) mass is 190 g/mol. The minimum atomic E-state index is -0.946. The molecule has 0 bridgehead atoms. The third-order valence-electron chi connectivity index (χ3n) is 1.86. The maximum Gasteiger partial charge on any atom is 0.145 e. The molecule has 0 saturated heterocycles. The van der Waals surface area contributed by atoms with E-state index in [0.29, 0.717) is 6.42 Å². The molecule has 3 heteroatoms. The molecule has 0 amide bonds. The van der Waals surface area contributed by atoms with Crippen LogP contribution in [0, 0.1) is 0 Å². The van der Waals surface area contributed by atoms with Crippen LogP contribution in [-0.2, 0) is 15.6 Å². The summed E-state index contributed by atoms with van der Waals surface area (Å²) in [6.45, 7) is 5.88. The van der Waals surface area contributed by atoms with Crippen molar-refractivity contribution in [2.24, 2.45) is 0 Å². The lowest BCUT2D eigenvalue weighted by Crippen LogP contribution is -2.18. The van der Waals surface area contributed by atoms with Gasteiger partial charge in [0.2, 0.25) is 0 Å². The van der Waals surface area contributed by atoms with Gasteiger partial charge in [0.15, 0.2) is 0 Å². The van der Waals surface area contributed by atoms with E-state index < -0.39 is 10.8 Å². The maximum atomic E-state index is 11.3. The molecule has 2 nitrogen and oxygen atoms in total. The number of carbonyl (C=O) groups is 1. The van der Waals surface area contributed by atoms with Gasteiger partial charge in [-0.25, -0.2) is 0 Å². The van der Waals surface area contributed by atoms with Gasteiger partial charge in [-0.2, -0.15) is 0 Å². The summed E-state index contributed by atoms with van der Waals surface area (Å²) in [5, 5.41) is 0.158. The van der Waals surface area contributed by atoms with Gasteiger partial charge in [-0.15, -0.1) is 0 Å². The smallest absolute Gasteiger partial charge is 0.145 e. The van der Waals surface area contributed by atoms with Crippen molar-refractivity contribution in [3.05, 3.63) is 0 Å². The second-order valence-electron chi connectivity index (χ2n) is 3.03. The zero-order valence-electron chi connectivity index (χ0n) is 8.13. The number of rotatable bonds is 6. The summed E-state index contributed by atoms with van der Waals surface area (Å²) in [6, 6.07) is 0. The fraction of sp³-hybridized carbons (Fsp3) is 0.889. The van der Waals surface area contributed by atoms with E-state index in [9.17, 15) is 9.00 Å². The highest BCUT2D eigenvalue weighted by molar-refractivity contribution is 7.86. The van der Waals surface area contributed by atoms with E-state index >= 15 is 0 Å². The first-order valence-corrected chi connectivity index (χ1v) is 5.88. The van der Waals surface area contributed by atoms with Crippen LogP contribution in [0.25, 0.3) is 0 Å². The summed E-state index contributed by atoms with van der Waals surface area (Å²) >= 11 is 0. The topological polar surface area (TPSA) is 34.1 Å². The Morgan fingerprint density at radius 1 is 1.42 bits per heavy atom. The van der Waals surface area contributed by atoms with Gasteiger partial charge in [-0.3, -0.25) is 9.00 Å². The Hall–Kier alpha value is -0.180. The van der Waals surface area contributed by atoms with Crippen molar-refractivity contribution in [2.75, 3.05) is 5.75 Å². The minimum absolute atomic E-state index is 0.135. The number of hydrogen-bond donors (Lipinski definition) is 0. The van der Waals surface area contributed by atoms with Crippen LogP contribution in [-0.4, -0.2) is 21.0 Å². The van der Waals surface area contributed by atoms with Crippen molar-refractivity contribution < 1.29 is 9.00 Å². The van der Waals surface area contributed by atoms with Gasteiger partial charge < -0.3 is 0 Å². The molecular formula is C9H18O2S. The highest BCUT2D eigenvalue weighted by atomic mass is 32.2. The average molecular weight is 190 g/mol. The molecule has 0 aliphatic carbocycles. The van der Waals surface area contributed by atoms with Crippen LogP contribution in [0.5, 0.6) is 0 Å². The molecule has 0 spiro atoms. The molecule has 0 aliphatic rings. The molecule has 0 aromatic rings. The number of Topliss-reactive ketones (excluding diaryl/α,β-unsaturated/α-hetero) is 1. The zero-order chi connectivity index (χ0) is 9.56. The maximum absolute atomic E-state index is 11.3. The lowest BCUT2D eigenvalue weighted by molar-refractivity contribution is -0.116. The fourth-order valence-corrected chi connectivity index (χ4v) is 1.96. The van der Waals surface area contributed by atoms with Gasteiger partial charge in [0, 0.05) is 22.5 Å². The average Bonchev–Trinajstić information content (AvgIpc) is 2.03. The van der Waals surface area contributed by atoms with Crippen molar-refractivity contribution in [3.63, 3.8) is 0 Å². The standard InChI is InChI=1S/C9H18O2S/c1-4-6-9(10)7-12(11)8(3)5-2/h8H,4-7H2,1-3H3. The molecule has 0 aliphatic heterocycles. The number of hydrogen-bond acceptors (Lipinski definition) is 2. The van der Waals surface area contributed by atoms with Crippen LogP contribution >= 0.6 is 0 Å². The first kappa shape index (κ1) is 11.8. The van der Waals surface area contributed by atoms with Gasteiger partial charge in [0.05, 0.1) is 5.75 Å². The molecule has 0 aromatic heterocycles. The molecule has 2 atom stereocenters. The van der Waals surface area contributed by atoms with Crippen molar-refractivity contribution >= 4 is 16.6 Å². The van der Waals surface area contributed by atoms with Gasteiger partial charge in [0.1, 0.15) is 5.78 Å². The number of carbonyl (C=O) groups excluding carboxylic acids is 1. The van der Waals surface area contributed by atoms with Gasteiger partial charge in [0.25, 0.3) is 0 Å². The van der Waals surface area contributed by atoms with E-state index in [1.54, 1.807) is 0 Å². The second-order valence-corrected chi connectivity index (χ2v) is 4.89. The van der Waals surface area contributed by atoms with Gasteiger partial charge in [-0.1, -0.05) is 20.8 Å². The third kappa shape index (κ3) is 4.65. The molecule has 0 heterocycles. The van der Waals surface area contributed by atoms with E-state index in [1.807, 2.05) is 20.8 Å². The first-order chi connectivity index (χ1) is 5.61. The fourth-order valence-electron chi connectivity index (χ4n) is 0.838. The molecular weight excluding hydrogens is 172 g/mol. The Balaban J connectivity index is 3.76.